The molecule has 3 aromatic rings. The highest BCUT2D eigenvalue weighted by Crippen LogP contribution is 2.32. The van der Waals surface area contributed by atoms with E-state index in [-0.39, 0.29) is 16.7 Å². The summed E-state index contributed by atoms with van der Waals surface area (Å²) in [5.74, 6) is 0. The fourth-order valence-electron chi connectivity index (χ4n) is 3.24. The number of hydrogen-bond acceptors (Lipinski definition) is 4. The van der Waals surface area contributed by atoms with E-state index in [1.54, 1.807) is 12.1 Å². The average molecular weight is 347 g/mol. The number of allylic oxidation sites excluding steroid dienone is 4. The SMILES string of the molecule is CCn1c2ccccc2c2ccc(C(C=C(C#N)C#N)=C(C#N)C#N)cc21. The van der Waals surface area contributed by atoms with Crippen molar-refractivity contribution in [3.8, 4) is 24.3 Å². The zero-order valence-electron chi connectivity index (χ0n) is 14.6. The van der Waals surface area contributed by atoms with E-state index in [9.17, 15) is 10.5 Å². The minimum Gasteiger partial charge on any atom is -0.341 e. The van der Waals surface area contributed by atoms with Crippen molar-refractivity contribution < 1.29 is 0 Å². The molecule has 0 bridgehead atoms. The molecule has 2 aromatic carbocycles. The summed E-state index contributed by atoms with van der Waals surface area (Å²) >= 11 is 0. The van der Waals surface area contributed by atoms with E-state index in [1.807, 2.05) is 42.5 Å². The number of para-hydroxylation sites is 1. The molecule has 0 aliphatic carbocycles. The predicted octanol–water partition coefficient (Wildman–Crippen LogP) is 4.59. The van der Waals surface area contributed by atoms with Crippen LogP contribution in [0.2, 0.25) is 0 Å². The van der Waals surface area contributed by atoms with Crippen LogP contribution in [0.4, 0.5) is 0 Å². The summed E-state index contributed by atoms with van der Waals surface area (Å²) < 4.78 is 2.16. The second kappa shape index (κ2) is 7.28. The van der Waals surface area contributed by atoms with Crippen LogP contribution in [0.3, 0.4) is 0 Å². The van der Waals surface area contributed by atoms with Crippen LogP contribution < -0.4 is 0 Å². The monoisotopic (exact) mass is 347 g/mol. The summed E-state index contributed by atoms with van der Waals surface area (Å²) in [6.45, 7) is 2.81. The van der Waals surface area contributed by atoms with Crippen molar-refractivity contribution in [2.24, 2.45) is 0 Å². The molecule has 0 unspecified atom stereocenters. The molecule has 1 aromatic heterocycles. The highest BCUT2D eigenvalue weighted by molar-refractivity contribution is 6.09. The molecule has 0 aliphatic rings. The van der Waals surface area contributed by atoms with Gasteiger partial charge in [0.05, 0.1) is 0 Å². The van der Waals surface area contributed by atoms with Gasteiger partial charge in [-0.3, -0.25) is 0 Å². The van der Waals surface area contributed by atoms with Gasteiger partial charge in [0.1, 0.15) is 35.4 Å². The lowest BCUT2D eigenvalue weighted by atomic mass is 9.97. The summed E-state index contributed by atoms with van der Waals surface area (Å²) in [6, 6.07) is 21.0. The number of hydrogen-bond donors (Lipinski definition) is 0. The lowest BCUT2D eigenvalue weighted by Gasteiger charge is -2.07. The van der Waals surface area contributed by atoms with Gasteiger partial charge in [0.2, 0.25) is 0 Å². The third-order valence-electron chi connectivity index (χ3n) is 4.42. The third-order valence-corrected chi connectivity index (χ3v) is 4.42. The van der Waals surface area contributed by atoms with Gasteiger partial charge < -0.3 is 4.57 Å². The summed E-state index contributed by atoms with van der Waals surface area (Å²) in [7, 11) is 0. The number of rotatable bonds is 3. The van der Waals surface area contributed by atoms with Gasteiger partial charge in [0, 0.05) is 33.9 Å². The molecule has 0 amide bonds. The Morgan fingerprint density at radius 3 is 2.19 bits per heavy atom. The molecule has 0 fully saturated rings. The van der Waals surface area contributed by atoms with Crippen molar-refractivity contribution >= 4 is 27.4 Å². The molecule has 5 heteroatoms. The minimum atomic E-state index is -0.163. The average Bonchev–Trinajstić information content (AvgIpc) is 3.04. The van der Waals surface area contributed by atoms with E-state index in [4.69, 9.17) is 10.5 Å². The second-order valence-electron chi connectivity index (χ2n) is 5.79. The summed E-state index contributed by atoms with van der Waals surface area (Å²) in [4.78, 5) is 0. The van der Waals surface area contributed by atoms with Crippen molar-refractivity contribution in [2.75, 3.05) is 0 Å². The zero-order chi connectivity index (χ0) is 19.4. The summed E-state index contributed by atoms with van der Waals surface area (Å²) in [6.07, 6.45) is 1.29. The second-order valence-corrected chi connectivity index (χ2v) is 5.79. The number of fused-ring (bicyclic) bond motifs is 3. The van der Waals surface area contributed by atoms with Gasteiger partial charge in [-0.05, 0) is 30.7 Å². The Balaban J connectivity index is 2.38. The van der Waals surface area contributed by atoms with Crippen LogP contribution in [0.1, 0.15) is 12.5 Å². The molecule has 0 N–H and O–H groups in total. The van der Waals surface area contributed by atoms with Crippen LogP contribution in [0.5, 0.6) is 0 Å². The molecule has 126 valence electrons. The topological polar surface area (TPSA) is 100 Å². The Bertz CT molecular complexity index is 1260. The van der Waals surface area contributed by atoms with Gasteiger partial charge in [-0.1, -0.05) is 30.3 Å². The maximum atomic E-state index is 9.31. The maximum absolute atomic E-state index is 9.31. The Hall–Kier alpha value is -4.32. The fourth-order valence-corrected chi connectivity index (χ4v) is 3.24. The number of benzene rings is 2. The Kier molecular flexibility index (Phi) is 4.72. The zero-order valence-corrected chi connectivity index (χ0v) is 14.6. The van der Waals surface area contributed by atoms with E-state index in [0.29, 0.717) is 5.56 Å². The van der Waals surface area contributed by atoms with E-state index >= 15 is 0 Å². The molecule has 0 aliphatic heterocycles. The first-order valence-corrected chi connectivity index (χ1v) is 8.26. The molecule has 3 rings (SSSR count). The minimum absolute atomic E-state index is 0.142. The lowest BCUT2D eigenvalue weighted by Crippen LogP contribution is -1.94. The molecule has 0 saturated carbocycles. The van der Waals surface area contributed by atoms with Crippen molar-refractivity contribution in [3.63, 3.8) is 0 Å². The smallest absolute Gasteiger partial charge is 0.137 e. The van der Waals surface area contributed by atoms with Crippen molar-refractivity contribution in [1.29, 1.82) is 21.0 Å². The van der Waals surface area contributed by atoms with Crippen LogP contribution in [0.25, 0.3) is 27.4 Å². The van der Waals surface area contributed by atoms with Gasteiger partial charge in [0.25, 0.3) is 0 Å². The van der Waals surface area contributed by atoms with Gasteiger partial charge in [-0.2, -0.15) is 21.0 Å². The standard InChI is InChI=1S/C22H13N5/c1-2-27-21-6-4-3-5-18(21)19-8-7-16(10-22(19)27)20(17(13-25)14-26)9-15(11-23)12-24/h3-10H,2H2,1H3. The van der Waals surface area contributed by atoms with E-state index in [1.165, 1.54) is 6.08 Å². The quantitative estimate of drug-likeness (QED) is 0.511. The Labute approximate surface area is 156 Å². The normalized spacial score (nSPS) is 9.67. The van der Waals surface area contributed by atoms with Crippen molar-refractivity contribution in [1.82, 2.24) is 4.57 Å². The molecule has 1 heterocycles. The van der Waals surface area contributed by atoms with E-state index < -0.39 is 0 Å². The maximum Gasteiger partial charge on any atom is 0.137 e. The highest BCUT2D eigenvalue weighted by Gasteiger charge is 2.13. The largest absolute Gasteiger partial charge is 0.341 e. The number of nitrogens with zero attached hydrogens (tertiary/aromatic N) is 5. The first-order chi connectivity index (χ1) is 13.2. The van der Waals surface area contributed by atoms with Crippen LogP contribution in [-0.4, -0.2) is 4.57 Å². The van der Waals surface area contributed by atoms with E-state index in [0.717, 1.165) is 28.4 Å². The third kappa shape index (κ3) is 2.91. The highest BCUT2D eigenvalue weighted by atomic mass is 15.0. The molecule has 0 radical (unpaired) electrons. The Morgan fingerprint density at radius 1 is 0.889 bits per heavy atom. The number of aryl methyl sites for hydroxylation is 1. The summed E-state index contributed by atoms with van der Waals surface area (Å²) in [5, 5.41) is 38.9. The molecular formula is C22H13N5. The predicted molar refractivity (Wildman–Crippen MR) is 103 cm³/mol. The molecule has 5 nitrogen and oxygen atoms in total. The summed E-state index contributed by atoms with van der Waals surface area (Å²) in [5.41, 5.74) is 2.64. The van der Waals surface area contributed by atoms with Crippen molar-refractivity contribution in [3.05, 3.63) is 65.3 Å². The van der Waals surface area contributed by atoms with Gasteiger partial charge >= 0.3 is 0 Å². The lowest BCUT2D eigenvalue weighted by molar-refractivity contribution is 0.827. The van der Waals surface area contributed by atoms with Crippen LogP contribution in [0.15, 0.2) is 59.7 Å². The molecule has 0 atom stereocenters. The van der Waals surface area contributed by atoms with Gasteiger partial charge in [-0.15, -0.1) is 0 Å². The van der Waals surface area contributed by atoms with Crippen LogP contribution in [0, 0.1) is 45.3 Å². The molecule has 27 heavy (non-hydrogen) atoms. The first kappa shape index (κ1) is 17.5. The van der Waals surface area contributed by atoms with Gasteiger partial charge in [0.15, 0.2) is 0 Å². The van der Waals surface area contributed by atoms with Crippen LogP contribution in [-0.2, 0) is 6.54 Å². The van der Waals surface area contributed by atoms with E-state index in [2.05, 4.69) is 23.6 Å². The fraction of sp³-hybridized carbons (Fsp3) is 0.0909. The molecular weight excluding hydrogens is 334 g/mol. The number of aromatic nitrogens is 1. The molecule has 0 spiro atoms. The molecule has 0 saturated heterocycles. The Morgan fingerprint density at radius 2 is 1.56 bits per heavy atom. The van der Waals surface area contributed by atoms with Crippen molar-refractivity contribution in [2.45, 2.75) is 13.5 Å². The van der Waals surface area contributed by atoms with Gasteiger partial charge in [-0.25, -0.2) is 0 Å². The number of nitriles is 4. The van der Waals surface area contributed by atoms with Crippen LogP contribution >= 0.6 is 0 Å². The first-order valence-electron chi connectivity index (χ1n) is 8.26.